The van der Waals surface area contributed by atoms with Crippen LogP contribution in [0.1, 0.15) is 39.0 Å². The maximum atomic E-state index is 12.0. The maximum absolute atomic E-state index is 12.0. The molecule has 1 aliphatic heterocycles. The molecule has 18 heavy (non-hydrogen) atoms. The van der Waals surface area contributed by atoms with Gasteiger partial charge in [0.05, 0.1) is 0 Å². The van der Waals surface area contributed by atoms with Crippen LogP contribution in [0.25, 0.3) is 0 Å². The van der Waals surface area contributed by atoms with Crippen LogP contribution in [-0.2, 0) is 4.79 Å². The number of likely N-dealkylation sites (tertiary alicyclic amines) is 1. The van der Waals surface area contributed by atoms with Crippen molar-refractivity contribution in [3.63, 3.8) is 0 Å². The molecule has 1 fully saturated rings. The van der Waals surface area contributed by atoms with E-state index < -0.39 is 12.0 Å². The van der Waals surface area contributed by atoms with Crippen LogP contribution < -0.4 is 5.32 Å². The Balaban J connectivity index is 2.58. The molecule has 6 heteroatoms. The summed E-state index contributed by atoms with van der Waals surface area (Å²) in [5.41, 5.74) is 0. The van der Waals surface area contributed by atoms with Gasteiger partial charge in [-0.15, -0.1) is 0 Å². The molecule has 1 heterocycles. The number of carbonyl (C=O) groups excluding carboxylic acids is 1. The van der Waals surface area contributed by atoms with Crippen molar-refractivity contribution in [1.29, 1.82) is 0 Å². The number of hydrogen-bond donors (Lipinski definition) is 3. The first-order chi connectivity index (χ1) is 8.60. The number of aliphatic hydroxyl groups excluding tert-OH is 1. The topological polar surface area (TPSA) is 89.9 Å². The molecule has 1 aliphatic rings. The van der Waals surface area contributed by atoms with Gasteiger partial charge in [0.1, 0.15) is 6.04 Å². The molecule has 0 aliphatic carbocycles. The second-order valence-electron chi connectivity index (χ2n) is 4.60. The number of rotatable bonds is 5. The summed E-state index contributed by atoms with van der Waals surface area (Å²) in [4.78, 5) is 24.7. The summed E-state index contributed by atoms with van der Waals surface area (Å²) in [7, 11) is 0. The van der Waals surface area contributed by atoms with Gasteiger partial charge in [0.15, 0.2) is 0 Å². The van der Waals surface area contributed by atoms with Crippen LogP contribution in [0.15, 0.2) is 0 Å². The van der Waals surface area contributed by atoms with Crippen molar-refractivity contribution in [3.8, 4) is 0 Å². The average Bonchev–Trinajstić information content (AvgIpc) is 2.37. The van der Waals surface area contributed by atoms with Crippen LogP contribution in [0, 0.1) is 0 Å². The highest BCUT2D eigenvalue weighted by atomic mass is 16.4. The Kier molecular flexibility index (Phi) is 5.91. The van der Waals surface area contributed by atoms with Crippen molar-refractivity contribution in [1.82, 2.24) is 10.2 Å². The summed E-state index contributed by atoms with van der Waals surface area (Å²) in [6.45, 7) is 2.45. The summed E-state index contributed by atoms with van der Waals surface area (Å²) in [5.74, 6) is -1.11. The molecule has 0 radical (unpaired) electrons. The number of aliphatic carboxylic acids is 1. The fourth-order valence-corrected chi connectivity index (χ4v) is 2.31. The molecule has 6 nitrogen and oxygen atoms in total. The van der Waals surface area contributed by atoms with E-state index in [1.165, 1.54) is 0 Å². The minimum absolute atomic E-state index is 0.0334. The smallest absolute Gasteiger partial charge is 0.326 e. The summed E-state index contributed by atoms with van der Waals surface area (Å²) in [5, 5.41) is 20.2. The molecule has 104 valence electrons. The van der Waals surface area contributed by atoms with E-state index in [2.05, 4.69) is 5.32 Å². The van der Waals surface area contributed by atoms with Gasteiger partial charge in [-0.05, 0) is 25.7 Å². The highest BCUT2D eigenvalue weighted by Gasteiger charge is 2.28. The average molecular weight is 258 g/mol. The third kappa shape index (κ3) is 3.87. The molecule has 0 aromatic carbocycles. The fourth-order valence-electron chi connectivity index (χ4n) is 2.31. The second kappa shape index (κ2) is 7.20. The molecule has 2 atom stereocenters. The molecule has 0 spiro atoms. The number of hydrogen-bond acceptors (Lipinski definition) is 3. The lowest BCUT2D eigenvalue weighted by molar-refractivity contribution is -0.139. The highest BCUT2D eigenvalue weighted by molar-refractivity contribution is 5.82. The molecule has 0 bridgehead atoms. The van der Waals surface area contributed by atoms with E-state index in [-0.39, 0.29) is 25.1 Å². The first kappa shape index (κ1) is 14.8. The first-order valence-electron chi connectivity index (χ1n) is 6.51. The maximum Gasteiger partial charge on any atom is 0.326 e. The molecule has 0 aromatic heterocycles. The number of piperidine rings is 1. The van der Waals surface area contributed by atoms with E-state index in [0.29, 0.717) is 6.54 Å². The predicted molar refractivity (Wildman–Crippen MR) is 66.3 cm³/mol. The quantitative estimate of drug-likeness (QED) is 0.680. The van der Waals surface area contributed by atoms with E-state index in [4.69, 9.17) is 10.2 Å². The minimum atomic E-state index is -1.11. The number of nitrogens with one attached hydrogen (secondary N) is 1. The van der Waals surface area contributed by atoms with Crippen LogP contribution in [0.5, 0.6) is 0 Å². The Labute approximate surface area is 107 Å². The molecule has 2 unspecified atom stereocenters. The summed E-state index contributed by atoms with van der Waals surface area (Å²) in [6, 6.07) is -1.15. The number of urea groups is 1. The molecule has 0 aromatic rings. The summed E-state index contributed by atoms with van der Waals surface area (Å²) in [6.07, 6.45) is 3.96. The molecule has 1 saturated heterocycles. The van der Waals surface area contributed by atoms with E-state index in [9.17, 15) is 9.59 Å². The van der Waals surface area contributed by atoms with Crippen LogP contribution in [-0.4, -0.2) is 52.3 Å². The van der Waals surface area contributed by atoms with Crippen LogP contribution in [0.3, 0.4) is 0 Å². The number of carboxylic acids is 1. The van der Waals surface area contributed by atoms with Crippen molar-refractivity contribution in [2.45, 2.75) is 51.1 Å². The van der Waals surface area contributed by atoms with Crippen LogP contribution in [0.2, 0.25) is 0 Å². The highest BCUT2D eigenvalue weighted by Crippen LogP contribution is 2.19. The van der Waals surface area contributed by atoms with Gasteiger partial charge in [-0.25, -0.2) is 9.59 Å². The van der Waals surface area contributed by atoms with Gasteiger partial charge in [0.25, 0.3) is 0 Å². The van der Waals surface area contributed by atoms with Gasteiger partial charge in [-0.1, -0.05) is 6.92 Å². The fraction of sp³-hybridized carbons (Fsp3) is 0.833. The normalized spacial score (nSPS) is 21.4. The number of carbonyl (C=O) groups is 2. The molecule has 2 amide bonds. The molecule has 0 saturated carbocycles. The lowest BCUT2D eigenvalue weighted by Gasteiger charge is -2.35. The zero-order valence-electron chi connectivity index (χ0n) is 10.8. The van der Waals surface area contributed by atoms with E-state index in [1.54, 1.807) is 4.90 Å². The van der Waals surface area contributed by atoms with Crippen molar-refractivity contribution >= 4 is 12.0 Å². The standard InChI is InChI=1S/C12H22N2O4/c1-2-9-5-3-4-7-14(9)12(18)13-10(6-8-15)11(16)17/h9-10,15H,2-8H2,1H3,(H,13,18)(H,16,17). The molecular formula is C12H22N2O4. The molecule has 1 rings (SSSR count). The van der Waals surface area contributed by atoms with Gasteiger partial charge in [-0.3, -0.25) is 0 Å². The minimum Gasteiger partial charge on any atom is -0.480 e. The van der Waals surface area contributed by atoms with Crippen molar-refractivity contribution in [2.24, 2.45) is 0 Å². The van der Waals surface area contributed by atoms with Crippen molar-refractivity contribution in [3.05, 3.63) is 0 Å². The summed E-state index contributed by atoms with van der Waals surface area (Å²) < 4.78 is 0. The Bertz CT molecular complexity index is 296. The van der Waals surface area contributed by atoms with E-state index in [0.717, 1.165) is 25.7 Å². The van der Waals surface area contributed by atoms with E-state index in [1.807, 2.05) is 6.92 Å². The van der Waals surface area contributed by atoms with Crippen LogP contribution in [0.4, 0.5) is 4.79 Å². The molecular weight excluding hydrogens is 236 g/mol. The number of carboxylic acid groups (broad SMARTS) is 1. The Morgan fingerprint density at radius 3 is 2.72 bits per heavy atom. The number of amides is 2. The number of nitrogens with zero attached hydrogens (tertiary/aromatic N) is 1. The lowest BCUT2D eigenvalue weighted by atomic mass is 10.0. The Morgan fingerprint density at radius 2 is 2.17 bits per heavy atom. The predicted octanol–water partition coefficient (Wildman–Crippen LogP) is 0.796. The SMILES string of the molecule is CCC1CCCCN1C(=O)NC(CCO)C(=O)O. The second-order valence-corrected chi connectivity index (χ2v) is 4.60. The van der Waals surface area contributed by atoms with E-state index >= 15 is 0 Å². The first-order valence-corrected chi connectivity index (χ1v) is 6.51. The third-order valence-corrected chi connectivity index (χ3v) is 3.37. The third-order valence-electron chi connectivity index (χ3n) is 3.37. The van der Waals surface area contributed by atoms with Gasteiger partial charge in [0, 0.05) is 25.6 Å². The monoisotopic (exact) mass is 258 g/mol. The van der Waals surface area contributed by atoms with Gasteiger partial charge < -0.3 is 20.4 Å². The van der Waals surface area contributed by atoms with Crippen molar-refractivity contribution in [2.75, 3.05) is 13.2 Å². The number of aliphatic hydroxyl groups is 1. The lowest BCUT2D eigenvalue weighted by Crippen LogP contribution is -2.53. The van der Waals surface area contributed by atoms with Gasteiger partial charge >= 0.3 is 12.0 Å². The largest absolute Gasteiger partial charge is 0.480 e. The van der Waals surface area contributed by atoms with Crippen LogP contribution >= 0.6 is 0 Å². The molecule has 3 N–H and O–H groups in total. The Morgan fingerprint density at radius 1 is 1.44 bits per heavy atom. The summed E-state index contributed by atoms with van der Waals surface area (Å²) >= 11 is 0. The zero-order valence-corrected chi connectivity index (χ0v) is 10.8. The zero-order chi connectivity index (χ0) is 13.5. The van der Waals surface area contributed by atoms with Gasteiger partial charge in [-0.2, -0.15) is 0 Å². The van der Waals surface area contributed by atoms with Gasteiger partial charge in [0.2, 0.25) is 0 Å². The Hall–Kier alpha value is -1.30. The van der Waals surface area contributed by atoms with Crippen molar-refractivity contribution < 1.29 is 19.8 Å².